The van der Waals surface area contributed by atoms with Gasteiger partial charge in [-0.2, -0.15) is 0 Å². The largest absolute Gasteiger partial charge is 0.352 e. The maximum absolute atomic E-state index is 12.0. The molecule has 1 aliphatic rings. The second-order valence-electron chi connectivity index (χ2n) is 5.67. The summed E-state index contributed by atoms with van der Waals surface area (Å²) in [6, 6.07) is 6.61. The molecule has 8 heteroatoms. The lowest BCUT2D eigenvalue weighted by Gasteiger charge is -2.21. The molecule has 1 fully saturated rings. The van der Waals surface area contributed by atoms with E-state index in [1.165, 1.54) is 18.4 Å². The number of carbonyl (C=O) groups is 1. The van der Waals surface area contributed by atoms with E-state index in [2.05, 4.69) is 10.6 Å². The molecule has 0 unspecified atom stereocenters. The molecule has 0 spiro atoms. The summed E-state index contributed by atoms with van der Waals surface area (Å²) in [5, 5.41) is 6.15. The van der Waals surface area contributed by atoms with Crippen LogP contribution >= 0.6 is 12.4 Å². The van der Waals surface area contributed by atoms with Gasteiger partial charge in [0.1, 0.15) is 0 Å². The molecule has 1 aromatic carbocycles. The lowest BCUT2D eigenvalue weighted by Crippen LogP contribution is -2.37. The first-order chi connectivity index (χ1) is 10.4. The Bertz CT molecular complexity index is 611. The summed E-state index contributed by atoms with van der Waals surface area (Å²) >= 11 is 0. The number of benzene rings is 1. The van der Waals surface area contributed by atoms with Gasteiger partial charge in [-0.15, -0.1) is 12.4 Å². The SMILES string of the molecule is CN(C)S(=O)(=O)c1ccc(CNC(=O)C2CCNCC2)cc1.Cl. The van der Waals surface area contributed by atoms with Gasteiger partial charge in [0.2, 0.25) is 15.9 Å². The normalized spacial score (nSPS) is 16.0. The van der Waals surface area contributed by atoms with Crippen LogP contribution in [0.2, 0.25) is 0 Å². The summed E-state index contributed by atoms with van der Waals surface area (Å²) in [7, 11) is -0.398. The van der Waals surface area contributed by atoms with Crippen LogP contribution in [0.3, 0.4) is 0 Å². The Kier molecular flexibility index (Phi) is 7.47. The van der Waals surface area contributed by atoms with Crippen molar-refractivity contribution < 1.29 is 13.2 Å². The van der Waals surface area contributed by atoms with Gasteiger partial charge in [-0.3, -0.25) is 4.79 Å². The fourth-order valence-corrected chi connectivity index (χ4v) is 3.31. The molecule has 0 radical (unpaired) electrons. The first-order valence-electron chi connectivity index (χ1n) is 7.41. The van der Waals surface area contributed by atoms with Crippen LogP contribution in [0.15, 0.2) is 29.2 Å². The highest BCUT2D eigenvalue weighted by Gasteiger charge is 2.20. The molecule has 23 heavy (non-hydrogen) atoms. The molecule has 0 aromatic heterocycles. The third-order valence-electron chi connectivity index (χ3n) is 3.88. The Morgan fingerprint density at radius 3 is 2.30 bits per heavy atom. The third-order valence-corrected chi connectivity index (χ3v) is 5.71. The van der Waals surface area contributed by atoms with Crippen molar-refractivity contribution in [3.63, 3.8) is 0 Å². The quantitative estimate of drug-likeness (QED) is 0.819. The number of carbonyl (C=O) groups excluding carboxylic acids is 1. The molecule has 1 amide bonds. The molecule has 0 aliphatic carbocycles. The standard InChI is InChI=1S/C15H23N3O3S.ClH/c1-18(2)22(20,21)14-5-3-12(4-6-14)11-17-15(19)13-7-9-16-10-8-13;/h3-6,13,16H,7-11H2,1-2H3,(H,17,19);1H. The van der Waals surface area contributed by atoms with Crippen molar-refractivity contribution in [3.8, 4) is 0 Å². The molecule has 1 saturated heterocycles. The zero-order chi connectivity index (χ0) is 16.2. The van der Waals surface area contributed by atoms with E-state index in [1.54, 1.807) is 24.3 Å². The van der Waals surface area contributed by atoms with Crippen LogP contribution in [0, 0.1) is 5.92 Å². The Morgan fingerprint density at radius 1 is 1.22 bits per heavy atom. The lowest BCUT2D eigenvalue weighted by molar-refractivity contribution is -0.125. The maximum atomic E-state index is 12.0. The molecule has 2 rings (SSSR count). The van der Waals surface area contributed by atoms with Gasteiger partial charge in [-0.05, 0) is 43.6 Å². The summed E-state index contributed by atoms with van der Waals surface area (Å²) in [4.78, 5) is 12.3. The summed E-state index contributed by atoms with van der Waals surface area (Å²) in [5.41, 5.74) is 0.889. The molecule has 0 atom stereocenters. The summed E-state index contributed by atoms with van der Waals surface area (Å²) in [6.45, 7) is 2.19. The minimum absolute atomic E-state index is 0. The van der Waals surface area contributed by atoms with Crippen LogP contribution in [-0.4, -0.2) is 45.8 Å². The first kappa shape index (κ1) is 19.9. The number of hydrogen-bond donors (Lipinski definition) is 2. The van der Waals surface area contributed by atoms with Gasteiger partial charge < -0.3 is 10.6 Å². The van der Waals surface area contributed by atoms with E-state index < -0.39 is 10.0 Å². The number of nitrogens with zero attached hydrogens (tertiary/aromatic N) is 1. The summed E-state index contributed by atoms with van der Waals surface area (Å²) in [5.74, 6) is 0.154. The number of nitrogens with one attached hydrogen (secondary N) is 2. The highest BCUT2D eigenvalue weighted by atomic mass is 35.5. The fraction of sp³-hybridized carbons (Fsp3) is 0.533. The highest BCUT2D eigenvalue weighted by Crippen LogP contribution is 2.15. The van der Waals surface area contributed by atoms with Gasteiger partial charge in [-0.1, -0.05) is 12.1 Å². The van der Waals surface area contributed by atoms with Gasteiger partial charge in [0, 0.05) is 26.6 Å². The fourth-order valence-electron chi connectivity index (χ4n) is 2.41. The number of piperidine rings is 1. The van der Waals surface area contributed by atoms with Crippen LogP contribution in [0.25, 0.3) is 0 Å². The molecule has 1 heterocycles. The van der Waals surface area contributed by atoms with Crippen LogP contribution in [-0.2, 0) is 21.4 Å². The zero-order valence-corrected chi connectivity index (χ0v) is 15.0. The average Bonchev–Trinajstić information content (AvgIpc) is 2.53. The number of amides is 1. The second-order valence-corrected chi connectivity index (χ2v) is 7.83. The monoisotopic (exact) mass is 361 g/mol. The molecule has 6 nitrogen and oxygen atoms in total. The average molecular weight is 362 g/mol. The van der Waals surface area contributed by atoms with Crippen molar-refractivity contribution in [2.24, 2.45) is 5.92 Å². The van der Waals surface area contributed by atoms with E-state index in [1.807, 2.05) is 0 Å². The summed E-state index contributed by atoms with van der Waals surface area (Å²) in [6.07, 6.45) is 1.73. The minimum Gasteiger partial charge on any atom is -0.352 e. The third kappa shape index (κ3) is 5.17. The smallest absolute Gasteiger partial charge is 0.242 e. The topological polar surface area (TPSA) is 78.5 Å². The molecule has 130 valence electrons. The Labute approximate surface area is 144 Å². The first-order valence-corrected chi connectivity index (χ1v) is 8.85. The lowest BCUT2D eigenvalue weighted by atomic mass is 9.97. The van der Waals surface area contributed by atoms with Crippen molar-refractivity contribution in [1.82, 2.24) is 14.9 Å². The molecule has 0 bridgehead atoms. The molecule has 1 aromatic rings. The van der Waals surface area contributed by atoms with Gasteiger partial charge in [0.25, 0.3) is 0 Å². The van der Waals surface area contributed by atoms with Gasteiger partial charge in [0.05, 0.1) is 4.90 Å². The van der Waals surface area contributed by atoms with Crippen molar-refractivity contribution >= 4 is 28.3 Å². The molecule has 2 N–H and O–H groups in total. The van der Waals surface area contributed by atoms with Crippen molar-refractivity contribution in [1.29, 1.82) is 0 Å². The molecular weight excluding hydrogens is 338 g/mol. The number of sulfonamides is 1. The maximum Gasteiger partial charge on any atom is 0.242 e. The van der Waals surface area contributed by atoms with E-state index in [0.29, 0.717) is 6.54 Å². The van der Waals surface area contributed by atoms with Crippen LogP contribution in [0.5, 0.6) is 0 Å². The number of hydrogen-bond acceptors (Lipinski definition) is 4. The van der Waals surface area contributed by atoms with Crippen molar-refractivity contribution in [3.05, 3.63) is 29.8 Å². The van der Waals surface area contributed by atoms with Crippen LogP contribution in [0.1, 0.15) is 18.4 Å². The van der Waals surface area contributed by atoms with E-state index in [4.69, 9.17) is 0 Å². The van der Waals surface area contributed by atoms with Crippen molar-refractivity contribution in [2.75, 3.05) is 27.2 Å². The number of rotatable bonds is 5. The zero-order valence-electron chi connectivity index (χ0n) is 13.4. The van der Waals surface area contributed by atoms with E-state index in [9.17, 15) is 13.2 Å². The van der Waals surface area contributed by atoms with Crippen molar-refractivity contribution in [2.45, 2.75) is 24.3 Å². The molecular formula is C15H24ClN3O3S. The van der Waals surface area contributed by atoms with E-state index >= 15 is 0 Å². The Balaban J connectivity index is 0.00000264. The minimum atomic E-state index is -3.40. The van der Waals surface area contributed by atoms with Gasteiger partial charge in [-0.25, -0.2) is 12.7 Å². The summed E-state index contributed by atoms with van der Waals surface area (Å²) < 4.78 is 25.1. The van der Waals surface area contributed by atoms with Crippen LogP contribution in [0.4, 0.5) is 0 Å². The van der Waals surface area contributed by atoms with Gasteiger partial charge >= 0.3 is 0 Å². The highest BCUT2D eigenvalue weighted by molar-refractivity contribution is 7.89. The van der Waals surface area contributed by atoms with Gasteiger partial charge in [0.15, 0.2) is 0 Å². The molecule has 0 saturated carbocycles. The number of halogens is 1. The second kappa shape index (κ2) is 8.63. The predicted octanol–water partition coefficient (Wildman–Crippen LogP) is 0.975. The predicted molar refractivity (Wildman–Crippen MR) is 92.0 cm³/mol. The Hall–Kier alpha value is -1.15. The van der Waals surface area contributed by atoms with Crippen LogP contribution < -0.4 is 10.6 Å². The molecule has 1 aliphatic heterocycles. The van der Waals surface area contributed by atoms with E-state index in [0.717, 1.165) is 31.5 Å². The van der Waals surface area contributed by atoms with E-state index in [-0.39, 0.29) is 29.1 Å². The Morgan fingerprint density at radius 2 is 1.78 bits per heavy atom.